The summed E-state index contributed by atoms with van der Waals surface area (Å²) in [5.41, 5.74) is 2.67. The van der Waals surface area contributed by atoms with E-state index in [1.165, 1.54) is 0 Å². The summed E-state index contributed by atoms with van der Waals surface area (Å²) in [6, 6.07) is 9.43. The summed E-state index contributed by atoms with van der Waals surface area (Å²) in [7, 11) is 0. The van der Waals surface area contributed by atoms with Crippen LogP contribution in [0.2, 0.25) is 0 Å². The highest BCUT2D eigenvalue weighted by atomic mass is 16.1. The van der Waals surface area contributed by atoms with Gasteiger partial charge in [0.2, 0.25) is 5.91 Å². The maximum absolute atomic E-state index is 12.1. The van der Waals surface area contributed by atoms with E-state index < -0.39 is 0 Å². The van der Waals surface area contributed by atoms with E-state index in [1.54, 1.807) is 21.8 Å². The first-order chi connectivity index (χ1) is 10.7. The van der Waals surface area contributed by atoms with Gasteiger partial charge in [-0.05, 0) is 30.7 Å². The zero-order valence-corrected chi connectivity index (χ0v) is 12.3. The van der Waals surface area contributed by atoms with E-state index in [-0.39, 0.29) is 5.91 Å². The zero-order valence-electron chi connectivity index (χ0n) is 12.3. The fourth-order valence-corrected chi connectivity index (χ4v) is 2.21. The van der Waals surface area contributed by atoms with E-state index in [0.29, 0.717) is 13.0 Å². The minimum Gasteiger partial charge on any atom is -0.324 e. The molecule has 2 aromatic heterocycles. The number of nitrogens with one attached hydrogen (secondary N) is 1. The zero-order chi connectivity index (χ0) is 15.4. The first-order valence-electron chi connectivity index (χ1n) is 7.10. The molecule has 1 aromatic carbocycles. The number of anilines is 1. The van der Waals surface area contributed by atoms with Crippen LogP contribution >= 0.6 is 0 Å². The molecule has 3 aromatic rings. The third-order valence-electron chi connectivity index (χ3n) is 3.26. The van der Waals surface area contributed by atoms with Crippen molar-refractivity contribution in [3.05, 3.63) is 60.7 Å². The summed E-state index contributed by atoms with van der Waals surface area (Å²) in [4.78, 5) is 12.1. The molecule has 0 aliphatic heterocycles. The van der Waals surface area contributed by atoms with Gasteiger partial charge >= 0.3 is 0 Å². The number of aromatic nitrogens is 4. The van der Waals surface area contributed by atoms with E-state index >= 15 is 0 Å². The molecule has 0 saturated heterocycles. The molecule has 112 valence electrons. The van der Waals surface area contributed by atoms with Crippen molar-refractivity contribution in [2.45, 2.75) is 19.9 Å². The summed E-state index contributed by atoms with van der Waals surface area (Å²) < 4.78 is 3.50. The number of carbonyl (C=O) groups excluding carboxylic acids is 1. The smallest absolute Gasteiger partial charge is 0.226 e. The van der Waals surface area contributed by atoms with Crippen molar-refractivity contribution in [1.29, 1.82) is 0 Å². The standard InChI is InChI=1S/C16H17N5O/c1-13-11-18-20(12-13)10-7-16(22)19-14-5-2-3-6-15(14)21-9-4-8-17-21/h2-6,8-9,11-12H,7,10H2,1H3,(H,19,22). The van der Waals surface area contributed by atoms with Crippen LogP contribution in [-0.2, 0) is 11.3 Å². The Morgan fingerprint density at radius 2 is 2.09 bits per heavy atom. The van der Waals surface area contributed by atoms with Gasteiger partial charge < -0.3 is 5.32 Å². The molecule has 0 spiro atoms. The molecule has 1 amide bonds. The van der Waals surface area contributed by atoms with Crippen LogP contribution in [0.15, 0.2) is 55.1 Å². The molecule has 0 radical (unpaired) electrons. The number of hydrogen-bond donors (Lipinski definition) is 1. The third kappa shape index (κ3) is 3.22. The van der Waals surface area contributed by atoms with Crippen molar-refractivity contribution in [1.82, 2.24) is 19.6 Å². The fourth-order valence-electron chi connectivity index (χ4n) is 2.21. The summed E-state index contributed by atoms with van der Waals surface area (Å²) in [6.07, 6.45) is 7.63. The SMILES string of the molecule is Cc1cnn(CCC(=O)Nc2ccccc2-n2cccn2)c1. The van der Waals surface area contributed by atoms with Gasteiger partial charge in [-0.2, -0.15) is 10.2 Å². The van der Waals surface area contributed by atoms with Crippen LogP contribution in [0.4, 0.5) is 5.69 Å². The van der Waals surface area contributed by atoms with Gasteiger partial charge in [-0.1, -0.05) is 12.1 Å². The maximum atomic E-state index is 12.1. The number of rotatable bonds is 5. The minimum absolute atomic E-state index is 0.0484. The van der Waals surface area contributed by atoms with Crippen molar-refractivity contribution in [3.8, 4) is 5.69 Å². The van der Waals surface area contributed by atoms with Crippen LogP contribution in [0, 0.1) is 6.92 Å². The van der Waals surface area contributed by atoms with Crippen molar-refractivity contribution >= 4 is 11.6 Å². The summed E-state index contributed by atoms with van der Waals surface area (Å²) >= 11 is 0. The minimum atomic E-state index is -0.0484. The van der Waals surface area contributed by atoms with E-state index in [0.717, 1.165) is 16.9 Å². The Bertz CT molecular complexity index is 760. The predicted molar refractivity (Wildman–Crippen MR) is 83.8 cm³/mol. The number of aryl methyl sites for hydroxylation is 2. The Labute approximate surface area is 128 Å². The maximum Gasteiger partial charge on any atom is 0.226 e. The summed E-state index contributed by atoms with van der Waals surface area (Å²) in [5, 5.41) is 11.3. The first kappa shape index (κ1) is 14.1. The van der Waals surface area contributed by atoms with Crippen molar-refractivity contribution < 1.29 is 4.79 Å². The normalized spacial score (nSPS) is 10.6. The van der Waals surface area contributed by atoms with Gasteiger partial charge in [-0.3, -0.25) is 9.48 Å². The molecule has 0 atom stereocenters. The number of carbonyl (C=O) groups is 1. The second kappa shape index (κ2) is 6.26. The monoisotopic (exact) mass is 295 g/mol. The fraction of sp³-hybridized carbons (Fsp3) is 0.188. The molecule has 0 saturated carbocycles. The van der Waals surface area contributed by atoms with E-state index in [9.17, 15) is 4.79 Å². The van der Waals surface area contributed by atoms with Crippen LogP contribution in [0.3, 0.4) is 0 Å². The van der Waals surface area contributed by atoms with Gasteiger partial charge in [0.05, 0.1) is 17.6 Å². The summed E-state index contributed by atoms with van der Waals surface area (Å²) in [6.45, 7) is 2.54. The Kier molecular flexibility index (Phi) is 4.00. The Balaban J connectivity index is 1.67. The predicted octanol–water partition coefficient (Wildman–Crippen LogP) is 2.41. The van der Waals surface area contributed by atoms with Gasteiger partial charge in [-0.15, -0.1) is 0 Å². The van der Waals surface area contributed by atoms with Gasteiger partial charge in [-0.25, -0.2) is 4.68 Å². The van der Waals surface area contributed by atoms with Crippen molar-refractivity contribution in [3.63, 3.8) is 0 Å². The molecule has 0 fully saturated rings. The molecule has 2 heterocycles. The lowest BCUT2D eigenvalue weighted by Crippen LogP contribution is -2.16. The highest BCUT2D eigenvalue weighted by Crippen LogP contribution is 2.19. The molecule has 3 rings (SSSR count). The molecular weight excluding hydrogens is 278 g/mol. The van der Waals surface area contributed by atoms with E-state index in [4.69, 9.17) is 0 Å². The lowest BCUT2D eigenvalue weighted by Gasteiger charge is -2.11. The highest BCUT2D eigenvalue weighted by molar-refractivity contribution is 5.92. The highest BCUT2D eigenvalue weighted by Gasteiger charge is 2.08. The van der Waals surface area contributed by atoms with Crippen LogP contribution < -0.4 is 5.32 Å². The molecule has 0 aliphatic rings. The second-order valence-corrected chi connectivity index (χ2v) is 5.05. The Hall–Kier alpha value is -2.89. The van der Waals surface area contributed by atoms with Crippen LogP contribution in [0.1, 0.15) is 12.0 Å². The van der Waals surface area contributed by atoms with E-state index in [2.05, 4.69) is 15.5 Å². The lowest BCUT2D eigenvalue weighted by atomic mass is 10.2. The Morgan fingerprint density at radius 3 is 2.82 bits per heavy atom. The lowest BCUT2D eigenvalue weighted by molar-refractivity contribution is -0.116. The van der Waals surface area contributed by atoms with Gasteiger partial charge in [0, 0.05) is 31.6 Å². The average Bonchev–Trinajstić information content (AvgIpc) is 3.17. The number of nitrogens with zero attached hydrogens (tertiary/aromatic N) is 4. The largest absolute Gasteiger partial charge is 0.324 e. The van der Waals surface area contributed by atoms with Crippen LogP contribution in [-0.4, -0.2) is 25.5 Å². The van der Waals surface area contributed by atoms with Crippen LogP contribution in [0.5, 0.6) is 0 Å². The molecule has 6 heteroatoms. The number of para-hydroxylation sites is 2. The quantitative estimate of drug-likeness (QED) is 0.786. The molecular formula is C16H17N5O. The van der Waals surface area contributed by atoms with Crippen LogP contribution in [0.25, 0.3) is 5.69 Å². The first-order valence-corrected chi connectivity index (χ1v) is 7.10. The van der Waals surface area contributed by atoms with Crippen molar-refractivity contribution in [2.24, 2.45) is 0 Å². The van der Waals surface area contributed by atoms with Gasteiger partial charge in [0.15, 0.2) is 0 Å². The number of amides is 1. The molecule has 0 aliphatic carbocycles. The molecule has 22 heavy (non-hydrogen) atoms. The molecule has 6 nitrogen and oxygen atoms in total. The topological polar surface area (TPSA) is 64.7 Å². The third-order valence-corrected chi connectivity index (χ3v) is 3.26. The number of hydrogen-bond acceptors (Lipinski definition) is 3. The van der Waals surface area contributed by atoms with Crippen molar-refractivity contribution in [2.75, 3.05) is 5.32 Å². The second-order valence-electron chi connectivity index (χ2n) is 5.05. The molecule has 1 N–H and O–H groups in total. The molecule has 0 bridgehead atoms. The summed E-state index contributed by atoms with van der Waals surface area (Å²) in [5.74, 6) is -0.0484. The molecule has 0 unspecified atom stereocenters. The van der Waals surface area contributed by atoms with E-state index in [1.807, 2.05) is 49.6 Å². The van der Waals surface area contributed by atoms with Gasteiger partial charge in [0.25, 0.3) is 0 Å². The Morgan fingerprint density at radius 1 is 1.23 bits per heavy atom. The van der Waals surface area contributed by atoms with Gasteiger partial charge in [0.1, 0.15) is 0 Å². The average molecular weight is 295 g/mol. The number of benzene rings is 1.